The van der Waals surface area contributed by atoms with Crippen LogP contribution >= 0.6 is 0 Å². The third-order valence-electron chi connectivity index (χ3n) is 1.97. The van der Waals surface area contributed by atoms with Gasteiger partial charge in [0.1, 0.15) is 0 Å². The summed E-state index contributed by atoms with van der Waals surface area (Å²) < 4.78 is 16.1. The van der Waals surface area contributed by atoms with Gasteiger partial charge in [0.2, 0.25) is 0 Å². The third kappa shape index (κ3) is 10.1. The molecule has 1 atom stereocenters. The molecule has 2 N–H and O–H groups in total. The van der Waals surface area contributed by atoms with Gasteiger partial charge in [-0.1, -0.05) is 6.92 Å². The Bertz CT molecular complexity index is 122. The van der Waals surface area contributed by atoms with E-state index in [1.165, 1.54) is 0 Å². The molecule has 0 amide bonds. The summed E-state index contributed by atoms with van der Waals surface area (Å²) in [5.41, 5.74) is 5.53. The zero-order chi connectivity index (χ0) is 11.4. The highest BCUT2D eigenvalue weighted by Crippen LogP contribution is 1.97. The van der Waals surface area contributed by atoms with E-state index in [1.807, 2.05) is 6.92 Å². The summed E-state index contributed by atoms with van der Waals surface area (Å²) in [4.78, 5) is 0. The van der Waals surface area contributed by atoms with Gasteiger partial charge in [-0.2, -0.15) is 0 Å². The van der Waals surface area contributed by atoms with Crippen LogP contribution in [0, 0.1) is 0 Å². The molecule has 0 heterocycles. The molecule has 0 aliphatic rings. The minimum Gasteiger partial charge on any atom is -0.379 e. The van der Waals surface area contributed by atoms with Crippen LogP contribution in [0.25, 0.3) is 0 Å². The molecule has 15 heavy (non-hydrogen) atoms. The number of ether oxygens (including phenoxy) is 3. The minimum absolute atomic E-state index is 0.131. The van der Waals surface area contributed by atoms with E-state index in [0.717, 1.165) is 19.4 Å². The standard InChI is InChI=1S/C11H25NO3/c1-3-6-13-8-9-14-7-5-11(10-12)15-4-2/h11H,3-10,12H2,1-2H3. The fourth-order valence-electron chi connectivity index (χ4n) is 1.19. The number of nitrogens with two attached hydrogens (primary N) is 1. The fraction of sp³-hybridized carbons (Fsp3) is 1.00. The van der Waals surface area contributed by atoms with E-state index in [1.54, 1.807) is 0 Å². The first-order chi connectivity index (χ1) is 7.35. The SMILES string of the molecule is CCCOCCOCCC(CN)OCC. The Hall–Kier alpha value is -0.160. The molecule has 0 radical (unpaired) electrons. The van der Waals surface area contributed by atoms with Crippen molar-refractivity contribution >= 4 is 0 Å². The van der Waals surface area contributed by atoms with E-state index in [4.69, 9.17) is 19.9 Å². The van der Waals surface area contributed by atoms with Crippen molar-refractivity contribution in [3.63, 3.8) is 0 Å². The van der Waals surface area contributed by atoms with Crippen molar-refractivity contribution in [2.75, 3.05) is 39.6 Å². The predicted octanol–water partition coefficient (Wildman–Crippen LogP) is 1.18. The van der Waals surface area contributed by atoms with Gasteiger partial charge in [-0.05, 0) is 19.8 Å². The van der Waals surface area contributed by atoms with E-state index < -0.39 is 0 Å². The van der Waals surface area contributed by atoms with Crippen molar-refractivity contribution in [2.24, 2.45) is 5.73 Å². The molecule has 0 aliphatic heterocycles. The molecule has 0 rings (SSSR count). The second kappa shape index (κ2) is 11.9. The maximum atomic E-state index is 5.53. The molecule has 0 saturated heterocycles. The van der Waals surface area contributed by atoms with Crippen LogP contribution < -0.4 is 5.73 Å². The minimum atomic E-state index is 0.131. The zero-order valence-electron chi connectivity index (χ0n) is 10.0. The van der Waals surface area contributed by atoms with Gasteiger partial charge in [0.15, 0.2) is 0 Å². The average Bonchev–Trinajstić information content (AvgIpc) is 2.26. The molecule has 0 spiro atoms. The van der Waals surface area contributed by atoms with Crippen LogP contribution in [0.4, 0.5) is 0 Å². The van der Waals surface area contributed by atoms with Gasteiger partial charge in [0, 0.05) is 26.4 Å². The molecule has 92 valence electrons. The van der Waals surface area contributed by atoms with Crippen molar-refractivity contribution in [3.05, 3.63) is 0 Å². The zero-order valence-corrected chi connectivity index (χ0v) is 10.0. The van der Waals surface area contributed by atoms with Gasteiger partial charge in [-0.15, -0.1) is 0 Å². The van der Waals surface area contributed by atoms with Gasteiger partial charge in [0.05, 0.1) is 19.3 Å². The number of hydrogen-bond donors (Lipinski definition) is 1. The lowest BCUT2D eigenvalue weighted by Gasteiger charge is -2.14. The molecular formula is C11H25NO3. The predicted molar refractivity (Wildman–Crippen MR) is 61.0 cm³/mol. The summed E-state index contributed by atoms with van der Waals surface area (Å²) in [6, 6.07) is 0. The van der Waals surface area contributed by atoms with Crippen LogP contribution in [0.5, 0.6) is 0 Å². The molecule has 1 unspecified atom stereocenters. The first-order valence-electron chi connectivity index (χ1n) is 5.82. The second-order valence-corrected chi connectivity index (χ2v) is 3.33. The summed E-state index contributed by atoms with van der Waals surface area (Å²) in [5.74, 6) is 0. The maximum Gasteiger partial charge on any atom is 0.0719 e. The third-order valence-corrected chi connectivity index (χ3v) is 1.97. The summed E-state index contributed by atoms with van der Waals surface area (Å²) in [6.07, 6.45) is 2.05. The summed E-state index contributed by atoms with van der Waals surface area (Å²) in [5, 5.41) is 0. The lowest BCUT2D eigenvalue weighted by atomic mass is 10.2. The quantitative estimate of drug-likeness (QED) is 0.530. The van der Waals surface area contributed by atoms with Crippen LogP contribution in [-0.2, 0) is 14.2 Å². The van der Waals surface area contributed by atoms with E-state index in [2.05, 4.69) is 6.92 Å². The van der Waals surface area contributed by atoms with Crippen LogP contribution in [0.3, 0.4) is 0 Å². The highest BCUT2D eigenvalue weighted by Gasteiger charge is 2.04. The largest absolute Gasteiger partial charge is 0.379 e. The Morgan fingerprint density at radius 2 is 1.67 bits per heavy atom. The fourth-order valence-corrected chi connectivity index (χ4v) is 1.19. The van der Waals surface area contributed by atoms with Crippen LogP contribution in [0.15, 0.2) is 0 Å². The Morgan fingerprint density at radius 1 is 1.00 bits per heavy atom. The van der Waals surface area contributed by atoms with Gasteiger partial charge in [-0.25, -0.2) is 0 Å². The van der Waals surface area contributed by atoms with E-state index >= 15 is 0 Å². The highest BCUT2D eigenvalue weighted by atomic mass is 16.5. The van der Waals surface area contributed by atoms with Crippen LogP contribution in [0.2, 0.25) is 0 Å². The van der Waals surface area contributed by atoms with E-state index in [0.29, 0.717) is 33.0 Å². The highest BCUT2D eigenvalue weighted by molar-refractivity contribution is 4.57. The smallest absolute Gasteiger partial charge is 0.0719 e. The van der Waals surface area contributed by atoms with Crippen LogP contribution in [-0.4, -0.2) is 45.7 Å². The molecular weight excluding hydrogens is 194 g/mol. The lowest BCUT2D eigenvalue weighted by Crippen LogP contribution is -2.25. The van der Waals surface area contributed by atoms with Gasteiger partial charge in [-0.3, -0.25) is 0 Å². The molecule has 4 heteroatoms. The second-order valence-electron chi connectivity index (χ2n) is 3.33. The summed E-state index contributed by atoms with van der Waals surface area (Å²) in [6.45, 7) is 8.17. The van der Waals surface area contributed by atoms with Crippen molar-refractivity contribution in [1.82, 2.24) is 0 Å². The molecule has 0 aromatic rings. The van der Waals surface area contributed by atoms with Crippen molar-refractivity contribution in [2.45, 2.75) is 32.8 Å². The first kappa shape index (κ1) is 14.8. The van der Waals surface area contributed by atoms with Crippen molar-refractivity contribution in [1.29, 1.82) is 0 Å². The van der Waals surface area contributed by atoms with Gasteiger partial charge >= 0.3 is 0 Å². The summed E-state index contributed by atoms with van der Waals surface area (Å²) >= 11 is 0. The Balaban J connectivity index is 3.14. The Morgan fingerprint density at radius 3 is 2.20 bits per heavy atom. The van der Waals surface area contributed by atoms with Gasteiger partial charge < -0.3 is 19.9 Å². The molecule has 0 aromatic heterocycles. The molecule has 0 bridgehead atoms. The average molecular weight is 219 g/mol. The molecule has 0 fully saturated rings. The van der Waals surface area contributed by atoms with Crippen LogP contribution in [0.1, 0.15) is 26.7 Å². The Labute approximate surface area is 93.1 Å². The number of rotatable bonds is 11. The normalized spacial score (nSPS) is 13.0. The maximum absolute atomic E-state index is 5.53. The molecule has 4 nitrogen and oxygen atoms in total. The molecule has 0 aliphatic carbocycles. The summed E-state index contributed by atoms with van der Waals surface area (Å²) in [7, 11) is 0. The number of hydrogen-bond acceptors (Lipinski definition) is 4. The van der Waals surface area contributed by atoms with E-state index in [9.17, 15) is 0 Å². The Kier molecular flexibility index (Phi) is 11.8. The van der Waals surface area contributed by atoms with Crippen molar-refractivity contribution < 1.29 is 14.2 Å². The molecule has 0 saturated carbocycles. The van der Waals surface area contributed by atoms with Crippen molar-refractivity contribution in [3.8, 4) is 0 Å². The lowest BCUT2D eigenvalue weighted by molar-refractivity contribution is 0.0131. The molecule has 0 aromatic carbocycles. The topological polar surface area (TPSA) is 53.7 Å². The van der Waals surface area contributed by atoms with E-state index in [-0.39, 0.29) is 6.10 Å². The monoisotopic (exact) mass is 219 g/mol. The first-order valence-corrected chi connectivity index (χ1v) is 5.82. The van der Waals surface area contributed by atoms with Gasteiger partial charge in [0.25, 0.3) is 0 Å².